The average Bonchev–Trinajstić information content (AvgIpc) is 3.49. The number of rotatable bonds is 7. The maximum atomic E-state index is 13.8. The Labute approximate surface area is 248 Å². The van der Waals surface area contributed by atoms with Crippen LogP contribution in [-0.2, 0) is 6.54 Å². The van der Waals surface area contributed by atoms with Crippen molar-refractivity contribution in [2.24, 2.45) is 5.92 Å². The second-order valence-corrected chi connectivity index (χ2v) is 11.8. The minimum atomic E-state index is -0.159. The number of fused-ring (bicyclic) bond motifs is 1. The van der Waals surface area contributed by atoms with Crippen LogP contribution in [0.15, 0.2) is 77.2 Å². The van der Waals surface area contributed by atoms with Gasteiger partial charge in [-0.1, -0.05) is 36.1 Å². The SMILES string of the molecule is CN1CCC(Oc2ccc(Nc3ncc4cc(C#CC5CC5)c(=O)n(Cc5ccccc5-c5nccs5)c4n3)cc2)C1. The van der Waals surface area contributed by atoms with Crippen molar-refractivity contribution in [1.29, 1.82) is 0 Å². The lowest BCUT2D eigenvalue weighted by atomic mass is 10.1. The van der Waals surface area contributed by atoms with E-state index in [2.05, 4.69) is 39.1 Å². The number of likely N-dealkylation sites (tertiary alicyclic amines) is 1. The van der Waals surface area contributed by atoms with Crippen molar-refractivity contribution < 1.29 is 4.74 Å². The van der Waals surface area contributed by atoms with Gasteiger partial charge in [0.25, 0.3) is 5.56 Å². The van der Waals surface area contributed by atoms with Crippen molar-refractivity contribution in [3.63, 3.8) is 0 Å². The third-order valence-corrected chi connectivity index (χ3v) is 8.39. The number of aromatic nitrogens is 4. The second-order valence-electron chi connectivity index (χ2n) is 10.9. The van der Waals surface area contributed by atoms with Gasteiger partial charge in [-0.3, -0.25) is 9.36 Å². The van der Waals surface area contributed by atoms with Crippen LogP contribution in [0.5, 0.6) is 5.75 Å². The first-order valence-electron chi connectivity index (χ1n) is 14.2. The Bertz CT molecular complexity index is 1850. The van der Waals surface area contributed by atoms with Gasteiger partial charge in [0.15, 0.2) is 0 Å². The van der Waals surface area contributed by atoms with Crippen LogP contribution in [0.2, 0.25) is 0 Å². The van der Waals surface area contributed by atoms with Gasteiger partial charge in [-0.15, -0.1) is 11.3 Å². The van der Waals surface area contributed by atoms with E-state index in [1.54, 1.807) is 28.3 Å². The second kappa shape index (κ2) is 11.4. The van der Waals surface area contributed by atoms with E-state index in [1.807, 2.05) is 60.0 Å². The average molecular weight is 575 g/mol. The van der Waals surface area contributed by atoms with Gasteiger partial charge >= 0.3 is 0 Å². The van der Waals surface area contributed by atoms with Gasteiger partial charge in [-0.05, 0) is 62.2 Å². The fourth-order valence-electron chi connectivity index (χ4n) is 5.19. The maximum Gasteiger partial charge on any atom is 0.268 e. The Kier molecular flexibility index (Phi) is 7.16. The molecule has 0 radical (unpaired) electrons. The Morgan fingerprint density at radius 1 is 1.10 bits per heavy atom. The minimum absolute atomic E-state index is 0.159. The fourth-order valence-corrected chi connectivity index (χ4v) is 5.88. The molecule has 7 rings (SSSR count). The fraction of sp³-hybridized carbons (Fsp3) is 0.273. The molecule has 1 aliphatic heterocycles. The third-order valence-electron chi connectivity index (χ3n) is 7.59. The Hall–Kier alpha value is -4.52. The molecule has 3 aromatic heterocycles. The number of thiazole rings is 1. The van der Waals surface area contributed by atoms with Gasteiger partial charge < -0.3 is 15.0 Å². The lowest BCUT2D eigenvalue weighted by Gasteiger charge is -2.15. The Balaban J connectivity index is 1.22. The molecule has 1 unspecified atom stereocenters. The topological polar surface area (TPSA) is 85.2 Å². The molecule has 42 heavy (non-hydrogen) atoms. The predicted octanol–water partition coefficient (Wildman–Crippen LogP) is 5.55. The number of benzene rings is 2. The monoisotopic (exact) mass is 574 g/mol. The molecule has 0 spiro atoms. The summed E-state index contributed by atoms with van der Waals surface area (Å²) in [5.41, 5.74) is 3.68. The summed E-state index contributed by atoms with van der Waals surface area (Å²) in [7, 11) is 2.11. The molecule has 2 aromatic carbocycles. The number of hydrogen-bond acceptors (Lipinski definition) is 8. The molecule has 8 nitrogen and oxygen atoms in total. The first kappa shape index (κ1) is 26.4. The van der Waals surface area contributed by atoms with Crippen LogP contribution in [-0.4, -0.2) is 50.7 Å². The molecule has 4 heterocycles. The van der Waals surface area contributed by atoms with Gasteiger partial charge in [-0.25, -0.2) is 9.97 Å². The quantitative estimate of drug-likeness (QED) is 0.255. The molecule has 2 fully saturated rings. The smallest absolute Gasteiger partial charge is 0.268 e. The molecule has 1 aliphatic carbocycles. The van der Waals surface area contributed by atoms with Crippen molar-refractivity contribution in [3.8, 4) is 28.2 Å². The van der Waals surface area contributed by atoms with E-state index in [-0.39, 0.29) is 11.7 Å². The number of ether oxygens (including phenoxy) is 1. The highest BCUT2D eigenvalue weighted by molar-refractivity contribution is 7.13. The van der Waals surface area contributed by atoms with Crippen molar-refractivity contribution in [2.45, 2.75) is 31.9 Å². The Morgan fingerprint density at radius 3 is 2.71 bits per heavy atom. The highest BCUT2D eigenvalue weighted by atomic mass is 32.1. The molecule has 1 N–H and O–H groups in total. The largest absolute Gasteiger partial charge is 0.489 e. The number of anilines is 2. The van der Waals surface area contributed by atoms with Gasteiger partial charge in [0.05, 0.1) is 12.1 Å². The van der Waals surface area contributed by atoms with Gasteiger partial charge in [0.1, 0.15) is 22.5 Å². The number of nitrogens with one attached hydrogen (secondary N) is 1. The zero-order valence-electron chi connectivity index (χ0n) is 23.3. The highest BCUT2D eigenvalue weighted by Crippen LogP contribution is 2.29. The lowest BCUT2D eigenvalue weighted by Crippen LogP contribution is -2.25. The summed E-state index contributed by atoms with van der Waals surface area (Å²) < 4.78 is 7.84. The predicted molar refractivity (Wildman–Crippen MR) is 166 cm³/mol. The molecule has 2 aliphatic rings. The maximum absolute atomic E-state index is 13.8. The summed E-state index contributed by atoms with van der Waals surface area (Å²) >= 11 is 1.58. The molecule has 1 saturated carbocycles. The van der Waals surface area contributed by atoms with Crippen LogP contribution in [0.25, 0.3) is 21.6 Å². The third kappa shape index (κ3) is 5.77. The van der Waals surface area contributed by atoms with Crippen molar-refractivity contribution >= 4 is 34.0 Å². The summed E-state index contributed by atoms with van der Waals surface area (Å²) in [4.78, 5) is 30.0. The molecule has 1 saturated heterocycles. The van der Waals surface area contributed by atoms with Crippen molar-refractivity contribution in [1.82, 2.24) is 24.4 Å². The first-order chi connectivity index (χ1) is 20.6. The van der Waals surface area contributed by atoms with Crippen LogP contribution in [0.4, 0.5) is 11.6 Å². The van der Waals surface area contributed by atoms with Gasteiger partial charge in [0.2, 0.25) is 5.95 Å². The molecule has 1 atom stereocenters. The van der Waals surface area contributed by atoms with Gasteiger partial charge in [0, 0.05) is 53.4 Å². The van der Waals surface area contributed by atoms with E-state index in [1.165, 1.54) is 0 Å². The number of nitrogens with zero attached hydrogens (tertiary/aromatic N) is 5. The number of hydrogen-bond donors (Lipinski definition) is 1. The first-order valence-corrected chi connectivity index (χ1v) is 15.1. The van der Waals surface area contributed by atoms with E-state index in [0.717, 1.165) is 65.3 Å². The van der Waals surface area contributed by atoms with Crippen LogP contribution in [0.1, 0.15) is 30.4 Å². The van der Waals surface area contributed by atoms with Gasteiger partial charge in [-0.2, -0.15) is 4.98 Å². The summed E-state index contributed by atoms with van der Waals surface area (Å²) in [5.74, 6) is 8.02. The van der Waals surface area contributed by atoms with Crippen LogP contribution >= 0.6 is 11.3 Å². The van der Waals surface area contributed by atoms with E-state index < -0.39 is 0 Å². The zero-order chi connectivity index (χ0) is 28.5. The minimum Gasteiger partial charge on any atom is -0.489 e. The number of pyridine rings is 1. The summed E-state index contributed by atoms with van der Waals surface area (Å²) in [6.45, 7) is 2.33. The van der Waals surface area contributed by atoms with Crippen LogP contribution in [0, 0.1) is 17.8 Å². The lowest BCUT2D eigenvalue weighted by molar-refractivity contribution is 0.208. The molecular weight excluding hydrogens is 544 g/mol. The molecular formula is C33H30N6O2S. The number of likely N-dealkylation sites (N-methyl/N-ethyl adjacent to an activating group) is 1. The van der Waals surface area contributed by atoms with Crippen molar-refractivity contribution in [3.05, 3.63) is 93.9 Å². The zero-order valence-corrected chi connectivity index (χ0v) is 24.1. The van der Waals surface area contributed by atoms with E-state index in [0.29, 0.717) is 29.6 Å². The molecule has 5 aromatic rings. The Morgan fingerprint density at radius 2 is 1.95 bits per heavy atom. The molecule has 0 amide bonds. The summed E-state index contributed by atoms with van der Waals surface area (Å²) in [5, 5.41) is 6.93. The van der Waals surface area contributed by atoms with E-state index in [9.17, 15) is 4.79 Å². The van der Waals surface area contributed by atoms with Crippen molar-refractivity contribution in [2.75, 3.05) is 25.5 Å². The summed E-state index contributed by atoms with van der Waals surface area (Å²) in [6, 6.07) is 17.7. The molecule has 210 valence electrons. The summed E-state index contributed by atoms with van der Waals surface area (Å²) in [6.07, 6.45) is 6.99. The highest BCUT2D eigenvalue weighted by Gasteiger charge is 2.21. The van der Waals surface area contributed by atoms with E-state index in [4.69, 9.17) is 9.72 Å². The normalized spacial score (nSPS) is 16.7. The van der Waals surface area contributed by atoms with Crippen LogP contribution in [0.3, 0.4) is 0 Å². The molecule has 9 heteroatoms. The van der Waals surface area contributed by atoms with E-state index >= 15 is 0 Å². The van der Waals surface area contributed by atoms with Crippen LogP contribution < -0.4 is 15.6 Å². The molecule has 0 bridgehead atoms. The standard InChI is InChI=1S/C33H30N6O2S/c1-38-16-14-28(21-38)41-27-12-10-26(11-13-27)36-33-35-19-25-18-23(9-8-22-6-7-22)32(40)39(30(25)37-33)20-24-4-2-3-5-29(24)31-34-15-17-42-31/h2-5,10-13,15,17-19,22,28H,6-7,14,16,20-21H2,1H3,(H,35,36,37).